The van der Waals surface area contributed by atoms with Gasteiger partial charge in [-0.2, -0.15) is 0 Å². The van der Waals surface area contributed by atoms with E-state index in [1.165, 1.54) is 19.3 Å². The zero-order valence-corrected chi connectivity index (χ0v) is 10.9. The van der Waals surface area contributed by atoms with Crippen molar-refractivity contribution >= 4 is 5.91 Å². The number of nitrogens with one attached hydrogen (secondary N) is 1. The van der Waals surface area contributed by atoms with Gasteiger partial charge in [-0.15, -0.1) is 0 Å². The molecule has 2 rings (SSSR count). The van der Waals surface area contributed by atoms with Gasteiger partial charge in [-0.1, -0.05) is 19.8 Å². The van der Waals surface area contributed by atoms with E-state index in [-0.39, 0.29) is 5.91 Å². The van der Waals surface area contributed by atoms with Crippen LogP contribution in [0.1, 0.15) is 54.5 Å². The monoisotopic (exact) mass is 235 g/mol. The summed E-state index contributed by atoms with van der Waals surface area (Å²) in [6, 6.07) is 2.14. The summed E-state index contributed by atoms with van der Waals surface area (Å²) in [6.45, 7) is 5.93. The molecule has 2 atom stereocenters. The van der Waals surface area contributed by atoms with E-state index in [2.05, 4.69) is 12.2 Å². The molecule has 0 spiro atoms. The number of hydrogen-bond donors (Lipinski definition) is 1. The first-order valence-corrected chi connectivity index (χ1v) is 6.46. The van der Waals surface area contributed by atoms with E-state index in [1.54, 1.807) is 0 Å². The number of furan rings is 1. The lowest BCUT2D eigenvalue weighted by molar-refractivity contribution is 0.0909. The fourth-order valence-electron chi connectivity index (χ4n) is 2.63. The number of rotatable bonds is 2. The number of amides is 1. The molecule has 3 nitrogen and oxygen atoms in total. The van der Waals surface area contributed by atoms with Crippen LogP contribution in [-0.2, 0) is 0 Å². The molecule has 1 amide bonds. The van der Waals surface area contributed by atoms with Gasteiger partial charge in [-0.3, -0.25) is 4.79 Å². The summed E-state index contributed by atoms with van der Waals surface area (Å²) < 4.78 is 5.39. The molecule has 1 aliphatic carbocycles. The topological polar surface area (TPSA) is 42.2 Å². The Morgan fingerprint density at radius 2 is 2.06 bits per heavy atom. The van der Waals surface area contributed by atoms with Gasteiger partial charge in [-0.25, -0.2) is 0 Å². The second-order valence-electron chi connectivity index (χ2n) is 5.17. The maximum Gasteiger partial charge on any atom is 0.255 e. The third kappa shape index (κ3) is 2.71. The van der Waals surface area contributed by atoms with E-state index in [1.807, 2.05) is 19.9 Å². The van der Waals surface area contributed by atoms with Gasteiger partial charge < -0.3 is 9.73 Å². The van der Waals surface area contributed by atoms with Gasteiger partial charge >= 0.3 is 0 Å². The number of carbonyl (C=O) groups excluding carboxylic acids is 1. The normalized spacial score (nSPS) is 24.6. The van der Waals surface area contributed by atoms with E-state index >= 15 is 0 Å². The van der Waals surface area contributed by atoms with Gasteiger partial charge in [0, 0.05) is 6.04 Å². The highest BCUT2D eigenvalue weighted by atomic mass is 16.3. The lowest BCUT2D eigenvalue weighted by Gasteiger charge is -2.29. The van der Waals surface area contributed by atoms with Crippen molar-refractivity contribution in [3.05, 3.63) is 23.2 Å². The van der Waals surface area contributed by atoms with E-state index < -0.39 is 0 Å². The molecule has 0 aromatic carbocycles. The number of carbonyl (C=O) groups is 1. The molecule has 0 saturated heterocycles. The molecule has 1 heterocycles. The first kappa shape index (κ1) is 12.2. The van der Waals surface area contributed by atoms with Crippen LogP contribution in [0.15, 0.2) is 10.5 Å². The summed E-state index contributed by atoms with van der Waals surface area (Å²) in [5.74, 6) is 2.10. The van der Waals surface area contributed by atoms with E-state index in [4.69, 9.17) is 4.42 Å². The van der Waals surface area contributed by atoms with Crippen molar-refractivity contribution in [1.82, 2.24) is 5.32 Å². The molecule has 1 aliphatic rings. The Kier molecular flexibility index (Phi) is 3.55. The fourth-order valence-corrected chi connectivity index (χ4v) is 2.63. The molecule has 17 heavy (non-hydrogen) atoms. The van der Waals surface area contributed by atoms with E-state index in [0.29, 0.717) is 23.3 Å². The third-order valence-electron chi connectivity index (χ3n) is 3.71. The van der Waals surface area contributed by atoms with Gasteiger partial charge in [0.05, 0.1) is 5.56 Å². The predicted molar refractivity (Wildman–Crippen MR) is 67.1 cm³/mol. The summed E-state index contributed by atoms with van der Waals surface area (Å²) in [6.07, 6.45) is 4.83. The Morgan fingerprint density at radius 3 is 2.65 bits per heavy atom. The molecule has 1 saturated carbocycles. The van der Waals surface area contributed by atoms with Gasteiger partial charge in [0.2, 0.25) is 0 Å². The molecular formula is C14H21NO2. The lowest BCUT2D eigenvalue weighted by Crippen LogP contribution is -2.41. The summed E-state index contributed by atoms with van der Waals surface area (Å²) in [5, 5.41) is 3.14. The van der Waals surface area contributed by atoms with Crippen LogP contribution in [0.3, 0.4) is 0 Å². The SMILES string of the molecule is Cc1cc(C(=O)N[C@H]2CCCC[C@@H]2C)c(C)o1. The summed E-state index contributed by atoms with van der Waals surface area (Å²) in [7, 11) is 0. The zero-order chi connectivity index (χ0) is 12.4. The Hall–Kier alpha value is -1.25. The smallest absolute Gasteiger partial charge is 0.255 e. The summed E-state index contributed by atoms with van der Waals surface area (Å²) >= 11 is 0. The number of aryl methyl sites for hydroxylation is 2. The average molecular weight is 235 g/mol. The second kappa shape index (κ2) is 4.94. The second-order valence-corrected chi connectivity index (χ2v) is 5.17. The molecule has 0 bridgehead atoms. The highest BCUT2D eigenvalue weighted by Crippen LogP contribution is 2.24. The first-order valence-electron chi connectivity index (χ1n) is 6.46. The van der Waals surface area contributed by atoms with Crippen LogP contribution in [0.2, 0.25) is 0 Å². The van der Waals surface area contributed by atoms with E-state index in [0.717, 1.165) is 12.2 Å². The maximum absolute atomic E-state index is 12.1. The molecule has 1 aromatic rings. The van der Waals surface area contributed by atoms with Crippen molar-refractivity contribution in [3.63, 3.8) is 0 Å². The number of hydrogen-bond acceptors (Lipinski definition) is 2. The lowest BCUT2D eigenvalue weighted by atomic mass is 9.86. The summed E-state index contributed by atoms with van der Waals surface area (Å²) in [4.78, 5) is 12.1. The van der Waals surface area contributed by atoms with Gasteiger partial charge in [0.1, 0.15) is 11.5 Å². The van der Waals surface area contributed by atoms with Crippen LogP contribution >= 0.6 is 0 Å². The molecule has 0 aliphatic heterocycles. The minimum absolute atomic E-state index is 0.0121. The molecular weight excluding hydrogens is 214 g/mol. The van der Waals surface area contributed by atoms with Crippen molar-refractivity contribution in [2.24, 2.45) is 5.92 Å². The molecule has 1 N–H and O–H groups in total. The van der Waals surface area contributed by atoms with Crippen molar-refractivity contribution in [3.8, 4) is 0 Å². The summed E-state index contributed by atoms with van der Waals surface area (Å²) in [5.41, 5.74) is 0.681. The molecule has 3 heteroatoms. The molecule has 94 valence electrons. The van der Waals surface area contributed by atoms with Crippen LogP contribution < -0.4 is 5.32 Å². The van der Waals surface area contributed by atoms with Crippen molar-refractivity contribution in [1.29, 1.82) is 0 Å². The Balaban J connectivity index is 2.03. The third-order valence-corrected chi connectivity index (χ3v) is 3.71. The molecule has 0 radical (unpaired) electrons. The Morgan fingerprint density at radius 1 is 1.35 bits per heavy atom. The standard InChI is InChI=1S/C14H21NO2/c1-9-6-4-5-7-13(9)15-14(16)12-8-10(2)17-11(12)3/h8-9,13H,4-7H2,1-3H3,(H,15,16)/t9-,13-/m0/s1. The van der Waals surface area contributed by atoms with Crippen molar-refractivity contribution in [2.45, 2.75) is 52.5 Å². The molecule has 1 aromatic heterocycles. The highest BCUT2D eigenvalue weighted by Gasteiger charge is 2.24. The van der Waals surface area contributed by atoms with Gasteiger partial charge in [0.15, 0.2) is 0 Å². The van der Waals surface area contributed by atoms with Crippen LogP contribution in [0, 0.1) is 19.8 Å². The van der Waals surface area contributed by atoms with Gasteiger partial charge in [0.25, 0.3) is 5.91 Å². The minimum atomic E-state index is 0.0121. The maximum atomic E-state index is 12.1. The van der Waals surface area contributed by atoms with Crippen LogP contribution in [0.5, 0.6) is 0 Å². The van der Waals surface area contributed by atoms with Crippen LogP contribution in [0.25, 0.3) is 0 Å². The van der Waals surface area contributed by atoms with Gasteiger partial charge in [-0.05, 0) is 38.7 Å². The highest BCUT2D eigenvalue weighted by molar-refractivity contribution is 5.95. The Labute approximate surface area is 103 Å². The molecule has 0 unspecified atom stereocenters. The fraction of sp³-hybridized carbons (Fsp3) is 0.643. The van der Waals surface area contributed by atoms with E-state index in [9.17, 15) is 4.79 Å². The molecule has 1 fully saturated rings. The van der Waals surface area contributed by atoms with Crippen LogP contribution in [-0.4, -0.2) is 11.9 Å². The average Bonchev–Trinajstić information content (AvgIpc) is 2.61. The van der Waals surface area contributed by atoms with Crippen molar-refractivity contribution in [2.75, 3.05) is 0 Å². The minimum Gasteiger partial charge on any atom is -0.466 e. The van der Waals surface area contributed by atoms with Crippen LogP contribution in [0.4, 0.5) is 0 Å². The quantitative estimate of drug-likeness (QED) is 0.855. The first-order chi connectivity index (χ1) is 8.08. The zero-order valence-electron chi connectivity index (χ0n) is 10.9. The largest absolute Gasteiger partial charge is 0.466 e. The Bertz CT molecular complexity index is 408. The van der Waals surface area contributed by atoms with Crippen molar-refractivity contribution < 1.29 is 9.21 Å². The predicted octanol–water partition coefficient (Wildman–Crippen LogP) is 3.20.